The quantitative estimate of drug-likeness (QED) is 0.603. The van der Waals surface area contributed by atoms with Gasteiger partial charge in [-0.25, -0.2) is 14.4 Å². The first-order chi connectivity index (χ1) is 14.0. The van der Waals surface area contributed by atoms with Crippen molar-refractivity contribution in [3.8, 4) is 0 Å². The largest absolute Gasteiger partial charge is 0.379 e. The minimum absolute atomic E-state index is 0.404. The molecule has 2 N–H and O–H groups in total. The summed E-state index contributed by atoms with van der Waals surface area (Å²) in [6.07, 6.45) is 8.63. The molecule has 1 saturated heterocycles. The van der Waals surface area contributed by atoms with E-state index in [2.05, 4.69) is 21.8 Å². The molecule has 1 saturated carbocycles. The van der Waals surface area contributed by atoms with Crippen molar-refractivity contribution >= 4 is 23.6 Å². The summed E-state index contributed by atoms with van der Waals surface area (Å²) in [5.74, 6) is 1.02. The number of nitrogens with zero attached hydrogens (tertiary/aromatic N) is 4. The highest BCUT2D eigenvalue weighted by atomic mass is 19.1. The summed E-state index contributed by atoms with van der Waals surface area (Å²) in [6, 6.07) is 5.61. The fraction of sp³-hybridized carbons (Fsp3) is 0.381. The number of fused-ring (bicyclic) bond motifs is 1. The van der Waals surface area contributed by atoms with Crippen LogP contribution in [0.25, 0.3) is 5.65 Å². The third kappa shape index (κ3) is 3.44. The Morgan fingerprint density at radius 2 is 2.14 bits per heavy atom. The van der Waals surface area contributed by atoms with Gasteiger partial charge in [-0.1, -0.05) is 0 Å². The van der Waals surface area contributed by atoms with Gasteiger partial charge in [-0.3, -0.25) is 9.69 Å². The van der Waals surface area contributed by atoms with Crippen LogP contribution in [0, 0.1) is 0 Å². The molecule has 0 unspecified atom stereocenters. The maximum atomic E-state index is 15.5. The number of anilines is 2. The number of amides is 1. The zero-order valence-corrected chi connectivity index (χ0v) is 16.2. The van der Waals surface area contributed by atoms with Crippen molar-refractivity contribution in [1.29, 1.82) is 0 Å². The molecule has 5 rings (SSSR count). The van der Waals surface area contributed by atoms with Crippen LogP contribution in [-0.2, 0) is 17.0 Å². The van der Waals surface area contributed by atoms with Gasteiger partial charge < -0.3 is 15.0 Å². The average Bonchev–Trinajstić information content (AvgIpc) is 3.45. The van der Waals surface area contributed by atoms with Gasteiger partial charge in [0.1, 0.15) is 11.5 Å². The molecule has 1 aliphatic carbocycles. The summed E-state index contributed by atoms with van der Waals surface area (Å²) < 4.78 is 17.5. The molecule has 2 fully saturated rings. The third-order valence-electron chi connectivity index (χ3n) is 5.64. The molecule has 1 amide bonds. The SMILES string of the molecule is CN1CC(F)(c2cc(C3CC3)cn3cc(CNc4ccnc(NC=O)c4)nc23)C1. The number of likely N-dealkylation sites (tertiary alicyclic amines) is 1. The lowest BCUT2D eigenvalue weighted by Crippen LogP contribution is -2.54. The summed E-state index contributed by atoms with van der Waals surface area (Å²) in [5, 5.41) is 5.82. The molecule has 2 aliphatic rings. The number of likely N-dealkylation sites (N-methyl/N-ethyl adjacent to an activating group) is 1. The number of carbonyl (C=O) groups excluding carboxylic acids is 1. The topological polar surface area (TPSA) is 74.6 Å². The van der Waals surface area contributed by atoms with Gasteiger partial charge in [0.05, 0.1) is 12.2 Å². The Morgan fingerprint density at radius 1 is 1.31 bits per heavy atom. The highest BCUT2D eigenvalue weighted by molar-refractivity contribution is 5.70. The molecule has 7 nitrogen and oxygen atoms in total. The molecule has 0 radical (unpaired) electrons. The van der Waals surface area contributed by atoms with Crippen molar-refractivity contribution in [2.24, 2.45) is 0 Å². The van der Waals surface area contributed by atoms with Crippen molar-refractivity contribution in [2.75, 3.05) is 30.8 Å². The Hall–Kier alpha value is -3.00. The minimum atomic E-state index is -1.34. The predicted molar refractivity (Wildman–Crippen MR) is 109 cm³/mol. The second-order valence-corrected chi connectivity index (χ2v) is 8.11. The van der Waals surface area contributed by atoms with Gasteiger partial charge >= 0.3 is 0 Å². The van der Waals surface area contributed by atoms with Crippen LogP contribution in [-0.4, -0.2) is 45.8 Å². The number of imidazole rings is 1. The number of halogens is 1. The molecule has 3 aromatic rings. The average molecular weight is 394 g/mol. The maximum absolute atomic E-state index is 15.5. The predicted octanol–water partition coefficient (Wildman–Crippen LogP) is 2.90. The number of carbonyl (C=O) groups is 1. The normalized spacial score (nSPS) is 18.4. The van der Waals surface area contributed by atoms with Crippen molar-refractivity contribution < 1.29 is 9.18 Å². The molecule has 0 spiro atoms. The van der Waals surface area contributed by atoms with Gasteiger partial charge in [-0.05, 0) is 43.5 Å². The van der Waals surface area contributed by atoms with Gasteiger partial charge in [0.15, 0.2) is 5.67 Å². The molecule has 29 heavy (non-hydrogen) atoms. The van der Waals surface area contributed by atoms with Crippen molar-refractivity contribution in [3.05, 3.63) is 53.6 Å². The summed E-state index contributed by atoms with van der Waals surface area (Å²) >= 11 is 0. The molecular formula is C21H23FN6O. The van der Waals surface area contributed by atoms with Crippen LogP contribution in [0.15, 0.2) is 36.8 Å². The van der Waals surface area contributed by atoms with Crippen LogP contribution in [0.4, 0.5) is 15.9 Å². The first kappa shape index (κ1) is 18.1. The van der Waals surface area contributed by atoms with Crippen molar-refractivity contribution in [1.82, 2.24) is 19.3 Å². The Kier molecular flexibility index (Phi) is 4.24. The van der Waals surface area contributed by atoms with Crippen LogP contribution in [0.5, 0.6) is 0 Å². The smallest absolute Gasteiger partial charge is 0.212 e. The maximum Gasteiger partial charge on any atom is 0.212 e. The Labute approximate surface area is 168 Å². The van der Waals surface area contributed by atoms with Crippen LogP contribution < -0.4 is 10.6 Å². The first-order valence-corrected chi connectivity index (χ1v) is 9.84. The summed E-state index contributed by atoms with van der Waals surface area (Å²) in [7, 11) is 1.93. The van der Waals surface area contributed by atoms with Crippen molar-refractivity contribution in [2.45, 2.75) is 31.0 Å². The zero-order valence-electron chi connectivity index (χ0n) is 16.2. The Bertz CT molecular complexity index is 1070. The molecule has 0 atom stereocenters. The molecule has 3 aromatic heterocycles. The van der Waals surface area contributed by atoms with E-state index in [0.29, 0.717) is 49.0 Å². The number of pyridine rings is 2. The highest BCUT2D eigenvalue weighted by Crippen LogP contribution is 2.44. The van der Waals surface area contributed by atoms with Crippen LogP contribution >= 0.6 is 0 Å². The molecule has 8 heteroatoms. The van der Waals surface area contributed by atoms with Gasteiger partial charge in [-0.2, -0.15) is 0 Å². The monoisotopic (exact) mass is 394 g/mol. The number of aromatic nitrogens is 3. The van der Waals surface area contributed by atoms with Crippen LogP contribution in [0.2, 0.25) is 0 Å². The number of rotatable bonds is 7. The fourth-order valence-electron chi connectivity index (χ4n) is 4.08. The van der Waals surface area contributed by atoms with E-state index >= 15 is 4.39 Å². The summed E-state index contributed by atoms with van der Waals surface area (Å²) in [4.78, 5) is 21.4. The molecule has 0 aromatic carbocycles. The van der Waals surface area contributed by atoms with E-state index in [4.69, 9.17) is 4.98 Å². The van der Waals surface area contributed by atoms with Gasteiger partial charge in [0.2, 0.25) is 6.41 Å². The van der Waals surface area contributed by atoms with E-state index in [9.17, 15) is 4.79 Å². The molecule has 1 aliphatic heterocycles. The Balaban J connectivity index is 1.43. The fourth-order valence-corrected chi connectivity index (χ4v) is 4.08. The molecule has 4 heterocycles. The summed E-state index contributed by atoms with van der Waals surface area (Å²) in [6.45, 7) is 1.30. The molecule has 150 valence electrons. The van der Waals surface area contributed by atoms with Gasteiger partial charge in [0.25, 0.3) is 0 Å². The highest BCUT2D eigenvalue weighted by Gasteiger charge is 2.45. The van der Waals surface area contributed by atoms with E-state index in [0.717, 1.165) is 11.4 Å². The number of hydrogen-bond acceptors (Lipinski definition) is 5. The van der Waals surface area contributed by atoms with E-state index in [1.807, 2.05) is 34.7 Å². The second-order valence-electron chi connectivity index (χ2n) is 8.11. The standard InChI is InChI=1S/C21H23FN6O/c1-27-11-21(22,12-27)18-6-15(14-2-3-14)9-28-10-17(26-20(18)28)8-24-16-4-5-23-19(7-16)25-13-29/h4-7,9-10,13-14H,2-3,8,11-12H2,1H3,(H2,23,24,25,29). The minimum Gasteiger partial charge on any atom is -0.379 e. The number of hydrogen-bond donors (Lipinski definition) is 2. The van der Waals surface area contributed by atoms with E-state index in [1.165, 1.54) is 18.4 Å². The van der Waals surface area contributed by atoms with Crippen LogP contribution in [0.1, 0.15) is 35.6 Å². The third-order valence-corrected chi connectivity index (χ3v) is 5.64. The van der Waals surface area contributed by atoms with E-state index in [1.54, 1.807) is 12.3 Å². The van der Waals surface area contributed by atoms with Gasteiger partial charge in [0, 0.05) is 49.0 Å². The van der Waals surface area contributed by atoms with Crippen molar-refractivity contribution in [3.63, 3.8) is 0 Å². The number of nitrogens with one attached hydrogen (secondary N) is 2. The van der Waals surface area contributed by atoms with Crippen LogP contribution in [0.3, 0.4) is 0 Å². The Morgan fingerprint density at radius 3 is 2.86 bits per heavy atom. The first-order valence-electron chi connectivity index (χ1n) is 9.84. The van der Waals surface area contributed by atoms with Gasteiger partial charge in [-0.15, -0.1) is 0 Å². The molecular weight excluding hydrogens is 371 g/mol. The lowest BCUT2D eigenvalue weighted by molar-refractivity contribution is -0.105. The molecule has 0 bridgehead atoms. The zero-order chi connectivity index (χ0) is 20.0. The van der Waals surface area contributed by atoms with E-state index in [-0.39, 0.29) is 0 Å². The number of alkyl halides is 1. The summed E-state index contributed by atoms with van der Waals surface area (Å²) in [5.41, 5.74) is 2.92. The van der Waals surface area contributed by atoms with E-state index < -0.39 is 5.67 Å². The second kappa shape index (κ2) is 6.81. The lowest BCUT2D eigenvalue weighted by Gasteiger charge is -2.42. The lowest BCUT2D eigenvalue weighted by atomic mass is 9.88.